The minimum absolute atomic E-state index is 0.395. The van der Waals surface area contributed by atoms with Crippen LogP contribution >= 0.6 is 0 Å². The molecule has 4 rings (SSSR count). The smallest absolute Gasteiger partial charge is 0.307 e. The fourth-order valence-electron chi connectivity index (χ4n) is 6.47. The second kappa shape index (κ2) is 8.07. The van der Waals surface area contributed by atoms with Gasteiger partial charge >= 0.3 is 5.65 Å². The van der Waals surface area contributed by atoms with Crippen molar-refractivity contribution in [3.63, 3.8) is 0 Å². The highest BCUT2D eigenvalue weighted by Gasteiger charge is 2.53. The predicted molar refractivity (Wildman–Crippen MR) is 127 cm³/mol. The molecule has 2 aromatic heterocycles. The van der Waals surface area contributed by atoms with Gasteiger partial charge in [0.15, 0.2) is 18.5 Å². The van der Waals surface area contributed by atoms with Crippen LogP contribution in [0.4, 0.5) is 5.82 Å². The van der Waals surface area contributed by atoms with E-state index in [9.17, 15) is 0 Å². The van der Waals surface area contributed by atoms with Crippen molar-refractivity contribution in [3.05, 3.63) is 36.5 Å². The molecular weight excluding hydrogens is 382 g/mol. The number of rotatable bonds is 5. The van der Waals surface area contributed by atoms with Gasteiger partial charge in [-0.3, -0.25) is 4.57 Å². The molecule has 2 aromatic rings. The Hall–Kier alpha value is -2.17. The van der Waals surface area contributed by atoms with Gasteiger partial charge in [0.05, 0.1) is 13.6 Å². The summed E-state index contributed by atoms with van der Waals surface area (Å²) in [6.45, 7) is 13.1. The van der Waals surface area contributed by atoms with Gasteiger partial charge < -0.3 is 5.73 Å². The number of hydrogen-bond donors (Lipinski definition) is 1. The van der Waals surface area contributed by atoms with Crippen molar-refractivity contribution in [3.8, 4) is 0 Å². The Morgan fingerprint density at radius 2 is 2.10 bits per heavy atom. The lowest BCUT2D eigenvalue weighted by atomic mass is 9.46. The normalized spacial score (nSPS) is 33.6. The van der Waals surface area contributed by atoms with Gasteiger partial charge in [-0.15, -0.1) is 0 Å². The topological polar surface area (TPSA) is 60.6 Å². The van der Waals surface area contributed by atoms with Crippen LogP contribution in [0.3, 0.4) is 0 Å². The number of aromatic nitrogens is 4. The van der Waals surface area contributed by atoms with E-state index in [2.05, 4.69) is 73.7 Å². The Labute approximate surface area is 187 Å². The molecule has 0 aromatic carbocycles. The van der Waals surface area contributed by atoms with Crippen molar-refractivity contribution in [2.75, 3.05) is 5.73 Å². The Bertz CT molecular complexity index is 1020. The summed E-state index contributed by atoms with van der Waals surface area (Å²) < 4.78 is 4.17. The van der Waals surface area contributed by atoms with Crippen LogP contribution in [0.5, 0.6) is 0 Å². The van der Waals surface area contributed by atoms with Crippen LogP contribution in [0.25, 0.3) is 11.2 Å². The van der Waals surface area contributed by atoms with E-state index in [-0.39, 0.29) is 0 Å². The van der Waals surface area contributed by atoms with Gasteiger partial charge in [0.1, 0.15) is 0 Å². The summed E-state index contributed by atoms with van der Waals surface area (Å²) in [7, 11) is 2.00. The van der Waals surface area contributed by atoms with Crippen molar-refractivity contribution in [1.82, 2.24) is 14.5 Å². The number of anilines is 1. The van der Waals surface area contributed by atoms with Crippen LogP contribution in [-0.2, 0) is 13.6 Å². The van der Waals surface area contributed by atoms with Crippen LogP contribution in [0.1, 0.15) is 66.7 Å². The van der Waals surface area contributed by atoms with Crippen molar-refractivity contribution in [2.45, 2.75) is 73.3 Å². The van der Waals surface area contributed by atoms with Gasteiger partial charge in [0.2, 0.25) is 5.52 Å². The number of nitrogens with two attached hydrogens (primary N) is 1. The van der Waals surface area contributed by atoms with Crippen LogP contribution in [0.2, 0.25) is 0 Å². The maximum absolute atomic E-state index is 6.14. The molecule has 5 atom stereocenters. The van der Waals surface area contributed by atoms with Gasteiger partial charge in [0.25, 0.3) is 0 Å². The molecule has 0 bridgehead atoms. The molecule has 1 saturated carbocycles. The Kier molecular flexibility index (Phi) is 5.74. The third kappa shape index (κ3) is 3.70. The quantitative estimate of drug-likeness (QED) is 0.531. The van der Waals surface area contributed by atoms with E-state index in [1.54, 1.807) is 0 Å². The van der Waals surface area contributed by atoms with Crippen LogP contribution < -0.4 is 10.3 Å². The van der Waals surface area contributed by atoms with E-state index < -0.39 is 0 Å². The zero-order valence-corrected chi connectivity index (χ0v) is 20.2. The SMILES string of the molecule is CC(=CCn1c[n+](C)c2ncnc(N)c21)CC[C@]1(C)[C@H]2CC=C[C@@H](C)[C@]2(C)CC[C@H]1C. The average molecular weight is 423 g/mol. The summed E-state index contributed by atoms with van der Waals surface area (Å²) in [4.78, 5) is 8.56. The molecule has 31 heavy (non-hydrogen) atoms. The second-order valence-corrected chi connectivity index (χ2v) is 10.8. The molecule has 2 heterocycles. The number of hydrogen-bond acceptors (Lipinski definition) is 3. The number of aryl methyl sites for hydroxylation is 1. The van der Waals surface area contributed by atoms with Crippen molar-refractivity contribution < 1.29 is 4.57 Å². The van der Waals surface area contributed by atoms with Crippen LogP contribution in [0.15, 0.2) is 36.5 Å². The first kappa shape index (κ1) is 22.0. The maximum Gasteiger partial charge on any atom is 0.307 e. The van der Waals surface area contributed by atoms with Crippen molar-refractivity contribution in [1.29, 1.82) is 0 Å². The molecule has 2 aliphatic carbocycles. The number of imidazole rings is 1. The molecule has 0 spiro atoms. The lowest BCUT2D eigenvalue weighted by molar-refractivity contribution is -0.647. The third-order valence-electron chi connectivity index (χ3n) is 9.13. The lowest BCUT2D eigenvalue weighted by Crippen LogP contribution is -2.51. The van der Waals surface area contributed by atoms with Gasteiger partial charge in [-0.25, -0.2) is 4.57 Å². The number of nitrogen functional groups attached to an aromatic ring is 1. The summed E-state index contributed by atoms with van der Waals surface area (Å²) in [5.41, 5.74) is 10.2. The maximum atomic E-state index is 6.14. The number of allylic oxidation sites excluding steroid dienone is 4. The minimum Gasteiger partial charge on any atom is -0.380 e. The number of nitrogens with zero attached hydrogens (tertiary/aromatic N) is 4. The molecule has 5 nitrogen and oxygen atoms in total. The summed E-state index contributed by atoms with van der Waals surface area (Å²) in [6, 6.07) is 0. The monoisotopic (exact) mass is 422 g/mol. The Morgan fingerprint density at radius 3 is 2.87 bits per heavy atom. The van der Waals surface area contributed by atoms with E-state index in [0.717, 1.165) is 36.0 Å². The molecule has 0 radical (unpaired) electrons. The van der Waals surface area contributed by atoms with Crippen LogP contribution in [-0.4, -0.2) is 14.5 Å². The highest BCUT2D eigenvalue weighted by atomic mass is 15.2. The first-order valence-electron chi connectivity index (χ1n) is 11.9. The van der Waals surface area contributed by atoms with Gasteiger partial charge in [-0.2, -0.15) is 4.98 Å². The van der Waals surface area contributed by atoms with Crippen molar-refractivity contribution in [2.24, 2.45) is 35.6 Å². The van der Waals surface area contributed by atoms with E-state index in [0.29, 0.717) is 22.6 Å². The highest BCUT2D eigenvalue weighted by molar-refractivity contribution is 5.79. The van der Waals surface area contributed by atoms with E-state index >= 15 is 0 Å². The van der Waals surface area contributed by atoms with Gasteiger partial charge in [-0.05, 0) is 67.6 Å². The first-order chi connectivity index (χ1) is 14.7. The first-order valence-corrected chi connectivity index (χ1v) is 11.9. The Morgan fingerprint density at radius 1 is 1.32 bits per heavy atom. The molecule has 0 saturated heterocycles. The van der Waals surface area contributed by atoms with Crippen molar-refractivity contribution >= 4 is 17.0 Å². The number of fused-ring (bicyclic) bond motifs is 2. The summed E-state index contributed by atoms with van der Waals surface area (Å²) in [5.74, 6) is 2.78. The molecule has 5 heteroatoms. The molecule has 168 valence electrons. The summed E-state index contributed by atoms with van der Waals surface area (Å²) in [6.07, 6.45) is 17.3. The highest BCUT2D eigenvalue weighted by Crippen LogP contribution is 2.61. The fraction of sp³-hybridized carbons (Fsp3) is 0.654. The predicted octanol–water partition coefficient (Wildman–Crippen LogP) is 5.22. The summed E-state index contributed by atoms with van der Waals surface area (Å²) >= 11 is 0. The molecular formula is C26H40N5+. The zero-order valence-electron chi connectivity index (χ0n) is 20.2. The lowest BCUT2D eigenvalue weighted by Gasteiger charge is -2.59. The van der Waals surface area contributed by atoms with Gasteiger partial charge in [-0.1, -0.05) is 56.5 Å². The zero-order chi connectivity index (χ0) is 22.4. The molecule has 2 aliphatic rings. The van der Waals surface area contributed by atoms with Crippen LogP contribution in [0, 0.1) is 28.6 Å². The molecule has 1 fully saturated rings. The molecule has 0 amide bonds. The third-order valence-corrected chi connectivity index (χ3v) is 9.13. The summed E-state index contributed by atoms with van der Waals surface area (Å²) in [5, 5.41) is 0. The molecule has 2 N–H and O–H groups in total. The standard InChI is InChI=1S/C26H40N5/c1-18(12-15-31-17-30(6)24-22(31)23(27)28-16-29-24)10-13-25(4)20(3)11-14-26(5)19(2)8-7-9-21(25)26/h7-8,12,16-17,19-21H,9-11,13-15H2,1-6H3,(H2,27,28,29)/q+1/t19-,20-,21-,25+,26+/m1/s1. The largest absolute Gasteiger partial charge is 0.380 e. The fourth-order valence-corrected chi connectivity index (χ4v) is 6.47. The second-order valence-electron chi connectivity index (χ2n) is 10.8. The molecule has 0 unspecified atom stereocenters. The average Bonchev–Trinajstić information content (AvgIpc) is 3.07. The Balaban J connectivity index is 1.50. The van der Waals surface area contributed by atoms with E-state index in [4.69, 9.17) is 5.73 Å². The molecule has 0 aliphatic heterocycles. The van der Waals surface area contributed by atoms with Gasteiger partial charge in [0, 0.05) is 0 Å². The van der Waals surface area contributed by atoms with E-state index in [1.807, 2.05) is 11.6 Å². The minimum atomic E-state index is 0.395. The van der Waals surface area contributed by atoms with E-state index in [1.165, 1.54) is 37.6 Å².